The number of hydrogen-bond donors (Lipinski definition) is 0. The Balaban J connectivity index is 1.73. The number of carbonyl (C=O) groups excluding carboxylic acids is 1. The van der Waals surface area contributed by atoms with E-state index >= 15 is 0 Å². The molecule has 0 N–H and O–H groups in total. The molecule has 4 rings (SSSR count). The van der Waals surface area contributed by atoms with Crippen molar-refractivity contribution in [2.75, 3.05) is 6.54 Å². The zero-order valence-electron chi connectivity index (χ0n) is 14.0. The topological polar surface area (TPSA) is 56.0 Å². The summed E-state index contributed by atoms with van der Waals surface area (Å²) in [4.78, 5) is 18.3. The van der Waals surface area contributed by atoms with Crippen LogP contribution in [0.15, 0.2) is 36.8 Å². The second-order valence-corrected chi connectivity index (χ2v) is 6.41. The monoisotopic (exact) mass is 323 g/mol. The van der Waals surface area contributed by atoms with Crippen LogP contribution in [-0.2, 0) is 11.8 Å². The molecule has 1 atom stereocenters. The van der Waals surface area contributed by atoms with Crippen LogP contribution in [0.2, 0.25) is 0 Å². The molecule has 0 spiro atoms. The maximum atomic E-state index is 11.9. The minimum atomic E-state index is -0.0209. The number of amides is 1. The molecule has 1 unspecified atom stereocenters. The van der Waals surface area contributed by atoms with Crippen molar-refractivity contribution in [1.29, 1.82) is 0 Å². The second-order valence-electron chi connectivity index (χ2n) is 6.41. The van der Waals surface area contributed by atoms with Crippen molar-refractivity contribution in [3.8, 4) is 11.4 Å². The molecule has 0 aliphatic carbocycles. The van der Waals surface area contributed by atoms with Gasteiger partial charge in [-0.05, 0) is 25.3 Å². The molecular formula is C18H21N5O. The van der Waals surface area contributed by atoms with Gasteiger partial charge < -0.3 is 9.47 Å². The summed E-state index contributed by atoms with van der Waals surface area (Å²) < 4.78 is 3.94. The highest BCUT2D eigenvalue weighted by molar-refractivity contribution is 5.94. The van der Waals surface area contributed by atoms with Crippen LogP contribution >= 0.6 is 0 Å². The Morgan fingerprint density at radius 2 is 2.08 bits per heavy atom. The van der Waals surface area contributed by atoms with Gasteiger partial charge in [0.15, 0.2) is 5.82 Å². The Bertz CT molecular complexity index is 894. The molecule has 2 aromatic heterocycles. The van der Waals surface area contributed by atoms with E-state index in [1.54, 1.807) is 13.3 Å². The van der Waals surface area contributed by atoms with Gasteiger partial charge in [0, 0.05) is 43.2 Å². The molecule has 3 heterocycles. The number of piperidine rings is 1. The molecule has 0 saturated carbocycles. The fraction of sp³-hybridized carbons (Fsp3) is 0.389. The SMILES string of the molecule is CC(=O)N1CCCCC1n1cnc(-c2cn(C)c3ccccc23)n1. The average Bonchev–Trinajstić information content (AvgIpc) is 3.20. The Labute approximate surface area is 140 Å². The Kier molecular flexibility index (Phi) is 3.59. The standard InChI is InChI=1S/C18H21N5O/c1-13(24)22-10-6-5-9-17(22)23-12-19-18(20-23)15-11-21(2)16-8-4-3-7-14(15)16/h3-4,7-8,11-12,17H,5-6,9-10H2,1-2H3. The lowest BCUT2D eigenvalue weighted by molar-refractivity contribution is -0.135. The molecule has 1 aliphatic heterocycles. The van der Waals surface area contributed by atoms with E-state index in [0.29, 0.717) is 5.82 Å². The number of aromatic nitrogens is 4. The van der Waals surface area contributed by atoms with Gasteiger partial charge in [0.05, 0.1) is 0 Å². The van der Waals surface area contributed by atoms with Crippen molar-refractivity contribution >= 4 is 16.8 Å². The third-order valence-corrected chi connectivity index (χ3v) is 4.83. The number of nitrogens with zero attached hydrogens (tertiary/aromatic N) is 5. The Hall–Kier alpha value is -2.63. The first kappa shape index (κ1) is 14.9. The van der Waals surface area contributed by atoms with Crippen LogP contribution in [0.3, 0.4) is 0 Å². The molecule has 6 nitrogen and oxygen atoms in total. The molecule has 1 amide bonds. The van der Waals surface area contributed by atoms with Crippen LogP contribution in [-0.4, -0.2) is 36.7 Å². The summed E-state index contributed by atoms with van der Waals surface area (Å²) in [6, 6.07) is 8.24. The number of fused-ring (bicyclic) bond motifs is 1. The van der Waals surface area contributed by atoms with Gasteiger partial charge in [-0.3, -0.25) is 4.79 Å². The summed E-state index contributed by atoms with van der Waals surface area (Å²) in [6.07, 6.45) is 6.89. The number of likely N-dealkylation sites (tertiary alicyclic amines) is 1. The number of benzene rings is 1. The molecule has 1 aliphatic rings. The van der Waals surface area contributed by atoms with Gasteiger partial charge in [-0.15, -0.1) is 5.10 Å². The smallest absolute Gasteiger partial charge is 0.221 e. The predicted octanol–water partition coefficient (Wildman–Crippen LogP) is 2.97. The van der Waals surface area contributed by atoms with E-state index in [4.69, 9.17) is 5.10 Å². The number of carbonyl (C=O) groups is 1. The van der Waals surface area contributed by atoms with Crippen molar-refractivity contribution in [3.63, 3.8) is 0 Å². The quantitative estimate of drug-likeness (QED) is 0.728. The van der Waals surface area contributed by atoms with E-state index in [1.807, 2.05) is 28.8 Å². The van der Waals surface area contributed by atoms with Gasteiger partial charge in [0.1, 0.15) is 12.5 Å². The van der Waals surface area contributed by atoms with Crippen molar-refractivity contribution < 1.29 is 4.79 Å². The lowest BCUT2D eigenvalue weighted by Crippen LogP contribution is -2.40. The molecule has 1 fully saturated rings. The van der Waals surface area contributed by atoms with E-state index in [9.17, 15) is 4.79 Å². The number of para-hydroxylation sites is 1. The molecule has 6 heteroatoms. The average molecular weight is 323 g/mol. The van der Waals surface area contributed by atoms with Crippen molar-refractivity contribution in [2.24, 2.45) is 7.05 Å². The highest BCUT2D eigenvalue weighted by Crippen LogP contribution is 2.30. The van der Waals surface area contributed by atoms with Crippen LogP contribution in [0.25, 0.3) is 22.3 Å². The first-order valence-electron chi connectivity index (χ1n) is 8.38. The zero-order chi connectivity index (χ0) is 16.7. The largest absolute Gasteiger partial charge is 0.350 e. The van der Waals surface area contributed by atoms with Gasteiger partial charge in [-0.2, -0.15) is 0 Å². The molecular weight excluding hydrogens is 302 g/mol. The maximum absolute atomic E-state index is 11.9. The molecule has 0 bridgehead atoms. The van der Waals surface area contributed by atoms with Gasteiger partial charge in [-0.25, -0.2) is 9.67 Å². The first-order chi connectivity index (χ1) is 11.6. The Morgan fingerprint density at radius 1 is 1.25 bits per heavy atom. The molecule has 0 radical (unpaired) electrons. The summed E-state index contributed by atoms with van der Waals surface area (Å²) in [7, 11) is 2.03. The number of rotatable bonds is 2. The van der Waals surface area contributed by atoms with Crippen LogP contribution < -0.4 is 0 Å². The van der Waals surface area contributed by atoms with E-state index in [-0.39, 0.29) is 12.1 Å². The van der Waals surface area contributed by atoms with Crippen LogP contribution in [0.1, 0.15) is 32.4 Å². The summed E-state index contributed by atoms with van der Waals surface area (Å²) in [5, 5.41) is 5.84. The summed E-state index contributed by atoms with van der Waals surface area (Å²) >= 11 is 0. The molecule has 1 aromatic carbocycles. The van der Waals surface area contributed by atoms with E-state index in [1.165, 1.54) is 0 Å². The third-order valence-electron chi connectivity index (χ3n) is 4.83. The van der Waals surface area contributed by atoms with Gasteiger partial charge in [0.2, 0.25) is 5.91 Å². The van der Waals surface area contributed by atoms with Crippen LogP contribution in [0.4, 0.5) is 0 Å². The highest BCUT2D eigenvalue weighted by atomic mass is 16.2. The van der Waals surface area contributed by atoms with Crippen molar-refractivity contribution in [1.82, 2.24) is 24.2 Å². The summed E-state index contributed by atoms with van der Waals surface area (Å²) in [6.45, 7) is 2.42. The van der Waals surface area contributed by atoms with Gasteiger partial charge in [-0.1, -0.05) is 18.2 Å². The second kappa shape index (κ2) is 5.78. The van der Waals surface area contributed by atoms with Gasteiger partial charge in [0.25, 0.3) is 0 Å². The van der Waals surface area contributed by atoms with Gasteiger partial charge >= 0.3 is 0 Å². The predicted molar refractivity (Wildman–Crippen MR) is 92.2 cm³/mol. The maximum Gasteiger partial charge on any atom is 0.221 e. The fourth-order valence-corrected chi connectivity index (χ4v) is 3.62. The first-order valence-corrected chi connectivity index (χ1v) is 8.38. The number of aryl methyl sites for hydroxylation is 1. The summed E-state index contributed by atoms with van der Waals surface area (Å²) in [5.74, 6) is 0.808. The van der Waals surface area contributed by atoms with Crippen LogP contribution in [0, 0.1) is 0 Å². The molecule has 3 aromatic rings. The van der Waals surface area contributed by atoms with E-state index in [0.717, 1.165) is 42.3 Å². The highest BCUT2D eigenvalue weighted by Gasteiger charge is 2.27. The van der Waals surface area contributed by atoms with Crippen molar-refractivity contribution in [2.45, 2.75) is 32.4 Å². The third kappa shape index (κ3) is 2.38. The number of hydrogen-bond acceptors (Lipinski definition) is 3. The van der Waals surface area contributed by atoms with Crippen LogP contribution in [0.5, 0.6) is 0 Å². The minimum absolute atomic E-state index is 0.0209. The lowest BCUT2D eigenvalue weighted by atomic mass is 10.1. The van der Waals surface area contributed by atoms with E-state index in [2.05, 4.69) is 27.9 Å². The Morgan fingerprint density at radius 3 is 2.92 bits per heavy atom. The minimum Gasteiger partial charge on any atom is -0.350 e. The summed E-state index contributed by atoms with van der Waals surface area (Å²) in [5.41, 5.74) is 2.18. The van der Waals surface area contributed by atoms with Crippen molar-refractivity contribution in [3.05, 3.63) is 36.8 Å². The molecule has 124 valence electrons. The van der Waals surface area contributed by atoms with E-state index < -0.39 is 0 Å². The molecule has 24 heavy (non-hydrogen) atoms. The molecule has 1 saturated heterocycles. The lowest BCUT2D eigenvalue weighted by Gasteiger charge is -2.34. The fourth-order valence-electron chi connectivity index (χ4n) is 3.62. The normalized spacial score (nSPS) is 18.2. The zero-order valence-corrected chi connectivity index (χ0v) is 14.0.